The number of aromatic nitrogens is 5. The first-order chi connectivity index (χ1) is 17.2. The Labute approximate surface area is 209 Å². The number of carbonyl (C=O) groups excluding carboxylic acids is 2. The molecule has 3 aromatic rings. The minimum atomic E-state index is -1.27. The molecule has 0 saturated carbocycles. The predicted octanol–water partition coefficient (Wildman–Crippen LogP) is 3.83. The molecule has 3 aromatic heterocycles. The maximum atomic E-state index is 13.5. The lowest BCUT2D eigenvalue weighted by atomic mass is 9.76. The molecule has 11 nitrogen and oxygen atoms in total. The molecule has 0 radical (unpaired) electrons. The van der Waals surface area contributed by atoms with Crippen molar-refractivity contribution in [2.75, 3.05) is 5.32 Å². The number of nitrogens with one attached hydrogen (secondary N) is 2. The average molecular weight is 496 g/mol. The van der Waals surface area contributed by atoms with Crippen LogP contribution in [-0.4, -0.2) is 64.8 Å². The third-order valence-electron chi connectivity index (χ3n) is 6.22. The molecule has 0 spiro atoms. The molecule has 0 saturated heterocycles. The normalized spacial score (nSPS) is 13.1. The van der Waals surface area contributed by atoms with E-state index >= 15 is 0 Å². The van der Waals surface area contributed by atoms with Crippen molar-refractivity contribution in [1.82, 2.24) is 29.9 Å². The zero-order chi connectivity index (χ0) is 26.3. The van der Waals surface area contributed by atoms with Crippen molar-refractivity contribution >= 4 is 23.6 Å². The second-order valence-electron chi connectivity index (χ2n) is 9.35. The molecule has 0 aromatic carbocycles. The molecule has 2 atom stereocenters. The van der Waals surface area contributed by atoms with E-state index in [9.17, 15) is 19.5 Å². The van der Waals surface area contributed by atoms with E-state index in [1.807, 2.05) is 45.9 Å². The minimum Gasteiger partial charge on any atom is -0.465 e. The molecule has 0 unspecified atom stereocenters. The third kappa shape index (κ3) is 6.15. The number of rotatable bonds is 12. The second-order valence-corrected chi connectivity index (χ2v) is 9.35. The van der Waals surface area contributed by atoms with Gasteiger partial charge in [0, 0.05) is 30.2 Å². The first kappa shape index (κ1) is 26.6. The highest BCUT2D eigenvalue weighted by Gasteiger charge is 2.46. The van der Waals surface area contributed by atoms with E-state index in [0.717, 1.165) is 16.9 Å². The molecule has 0 aliphatic carbocycles. The minimum absolute atomic E-state index is 0.219. The Morgan fingerprint density at radius 2 is 1.97 bits per heavy atom. The zero-order valence-corrected chi connectivity index (χ0v) is 21.0. The topological polar surface area (TPSA) is 146 Å². The smallest absolute Gasteiger partial charge is 0.408 e. The maximum absolute atomic E-state index is 13.5. The summed E-state index contributed by atoms with van der Waals surface area (Å²) in [4.78, 5) is 44.3. The number of Topliss-reactive ketones (excluding diaryl/α,β-unsaturated/α-hetero) is 1. The lowest BCUT2D eigenvalue weighted by Crippen LogP contribution is -2.59. The summed E-state index contributed by atoms with van der Waals surface area (Å²) in [7, 11) is 0. The number of H-pyrrole nitrogens is 1. The first-order valence-electron chi connectivity index (χ1n) is 12.0. The van der Waals surface area contributed by atoms with Crippen molar-refractivity contribution in [3.05, 3.63) is 49.1 Å². The second kappa shape index (κ2) is 11.6. The summed E-state index contributed by atoms with van der Waals surface area (Å²) in [6.45, 7) is 7.67. The number of anilines is 1. The fourth-order valence-electron chi connectivity index (χ4n) is 4.51. The summed E-state index contributed by atoms with van der Waals surface area (Å²) in [6.07, 6.45) is 7.01. The van der Waals surface area contributed by atoms with Crippen molar-refractivity contribution in [3.8, 4) is 11.3 Å². The van der Waals surface area contributed by atoms with Gasteiger partial charge < -0.3 is 10.4 Å². The van der Waals surface area contributed by atoms with Gasteiger partial charge in [0.1, 0.15) is 11.9 Å². The molecule has 36 heavy (non-hydrogen) atoms. The molecular formula is C25H33N7O4. The Morgan fingerprint density at radius 1 is 1.19 bits per heavy atom. The molecule has 3 heterocycles. The maximum Gasteiger partial charge on any atom is 0.408 e. The van der Waals surface area contributed by atoms with Gasteiger partial charge in [0.25, 0.3) is 5.91 Å². The predicted molar refractivity (Wildman–Crippen MR) is 134 cm³/mol. The molecule has 3 rings (SSSR count). The number of carboxylic acid groups (broad SMARTS) is 1. The monoisotopic (exact) mass is 495 g/mol. The van der Waals surface area contributed by atoms with Crippen LogP contribution in [-0.2, 0) is 16.1 Å². The summed E-state index contributed by atoms with van der Waals surface area (Å²) in [5.41, 5.74) is 0.748. The van der Waals surface area contributed by atoms with Gasteiger partial charge >= 0.3 is 6.09 Å². The number of amides is 2. The van der Waals surface area contributed by atoms with E-state index in [-0.39, 0.29) is 12.4 Å². The van der Waals surface area contributed by atoms with Gasteiger partial charge in [0.05, 0.1) is 24.5 Å². The van der Waals surface area contributed by atoms with E-state index in [0.29, 0.717) is 18.5 Å². The summed E-state index contributed by atoms with van der Waals surface area (Å²) in [5, 5.41) is 23.7. The summed E-state index contributed by atoms with van der Waals surface area (Å²) in [5.74, 6) is -1.46. The van der Waals surface area contributed by atoms with Gasteiger partial charge in [-0.3, -0.25) is 29.3 Å². The Balaban J connectivity index is 1.92. The van der Waals surface area contributed by atoms with Crippen molar-refractivity contribution in [2.45, 2.75) is 65.6 Å². The largest absolute Gasteiger partial charge is 0.465 e. The van der Waals surface area contributed by atoms with Crippen LogP contribution in [0.15, 0.2) is 49.1 Å². The van der Waals surface area contributed by atoms with Crippen LogP contribution in [0.2, 0.25) is 0 Å². The highest BCUT2D eigenvalue weighted by Crippen LogP contribution is 2.34. The van der Waals surface area contributed by atoms with Gasteiger partial charge in [0.2, 0.25) is 5.78 Å². The summed E-state index contributed by atoms with van der Waals surface area (Å²) in [6, 6.07) is 5.25. The van der Waals surface area contributed by atoms with Gasteiger partial charge in [-0.2, -0.15) is 10.2 Å². The summed E-state index contributed by atoms with van der Waals surface area (Å²) < 4.78 is 1.66. The zero-order valence-electron chi connectivity index (χ0n) is 21.0. The standard InChI is InChI=1S/C25H33N7O4/c1-5-11-25(3,4)22(21(33)23(34)28-20-9-13-27-29-20)32(24(35)36)18(6-2)16-31-14-10-19(30-31)17-8-7-12-26-15-17/h7-10,12-15,18,22H,5-6,11,16H2,1-4H3,(H,35,36)(H2,27,28,29,34)/t18-,22+/m0/s1. The molecule has 0 fully saturated rings. The Kier molecular flexibility index (Phi) is 8.57. The number of hydrogen-bond acceptors (Lipinski definition) is 6. The van der Waals surface area contributed by atoms with E-state index in [4.69, 9.17) is 0 Å². The number of aromatic amines is 1. The molecule has 0 aliphatic heterocycles. The number of carbonyl (C=O) groups is 3. The van der Waals surface area contributed by atoms with E-state index in [1.54, 1.807) is 23.3 Å². The summed E-state index contributed by atoms with van der Waals surface area (Å²) >= 11 is 0. The molecule has 2 amide bonds. The van der Waals surface area contributed by atoms with E-state index in [1.165, 1.54) is 12.3 Å². The molecule has 0 aliphatic rings. The lowest BCUT2D eigenvalue weighted by Gasteiger charge is -2.42. The lowest BCUT2D eigenvalue weighted by molar-refractivity contribution is -0.141. The Hall–Kier alpha value is -4.02. The molecular weight excluding hydrogens is 462 g/mol. The number of pyridine rings is 1. The van der Waals surface area contributed by atoms with E-state index < -0.39 is 35.3 Å². The Morgan fingerprint density at radius 3 is 2.56 bits per heavy atom. The van der Waals surface area contributed by atoms with Crippen LogP contribution in [0.4, 0.5) is 10.6 Å². The van der Waals surface area contributed by atoms with Gasteiger partial charge in [0.15, 0.2) is 0 Å². The number of nitrogens with zero attached hydrogens (tertiary/aromatic N) is 5. The quantitative estimate of drug-likeness (QED) is 0.324. The van der Waals surface area contributed by atoms with Gasteiger partial charge in [-0.05, 0) is 36.5 Å². The van der Waals surface area contributed by atoms with Crippen LogP contribution in [0.3, 0.4) is 0 Å². The van der Waals surface area contributed by atoms with Crippen LogP contribution < -0.4 is 5.32 Å². The van der Waals surface area contributed by atoms with Gasteiger partial charge in [-0.25, -0.2) is 4.79 Å². The fraction of sp³-hybridized carbons (Fsp3) is 0.440. The van der Waals surface area contributed by atoms with Crippen LogP contribution >= 0.6 is 0 Å². The average Bonchev–Trinajstić information content (AvgIpc) is 3.53. The van der Waals surface area contributed by atoms with Gasteiger partial charge in [-0.15, -0.1) is 0 Å². The Bertz CT molecular complexity index is 1160. The van der Waals surface area contributed by atoms with Crippen LogP contribution in [0, 0.1) is 5.41 Å². The first-order valence-corrected chi connectivity index (χ1v) is 12.0. The van der Waals surface area contributed by atoms with Crippen molar-refractivity contribution < 1.29 is 19.5 Å². The highest BCUT2D eigenvalue weighted by molar-refractivity contribution is 6.42. The fourth-order valence-corrected chi connectivity index (χ4v) is 4.51. The molecule has 0 bridgehead atoms. The molecule has 192 valence electrons. The van der Waals surface area contributed by atoms with Crippen LogP contribution in [0.25, 0.3) is 11.3 Å². The number of hydrogen-bond donors (Lipinski definition) is 3. The SMILES string of the molecule is CCCC(C)(C)[C@@H](C(=O)C(=O)Nc1ccn[nH]1)N(C(=O)O)[C@@H](CC)Cn1ccc(-c2cccnc2)n1. The van der Waals surface area contributed by atoms with Gasteiger partial charge in [-0.1, -0.05) is 34.1 Å². The molecule has 11 heteroatoms. The third-order valence-corrected chi connectivity index (χ3v) is 6.22. The van der Waals surface area contributed by atoms with Crippen molar-refractivity contribution in [3.63, 3.8) is 0 Å². The number of ketones is 1. The van der Waals surface area contributed by atoms with Crippen molar-refractivity contribution in [2.24, 2.45) is 5.41 Å². The highest BCUT2D eigenvalue weighted by atomic mass is 16.4. The van der Waals surface area contributed by atoms with E-state index in [2.05, 4.69) is 25.6 Å². The van der Waals surface area contributed by atoms with Crippen molar-refractivity contribution in [1.29, 1.82) is 0 Å². The van der Waals surface area contributed by atoms with Crippen LogP contribution in [0.5, 0.6) is 0 Å². The van der Waals surface area contributed by atoms with Crippen LogP contribution in [0.1, 0.15) is 47.0 Å². The molecule has 3 N–H and O–H groups in total.